The molecule has 3 aromatic rings. The lowest BCUT2D eigenvalue weighted by atomic mass is 10.2. The van der Waals surface area contributed by atoms with Crippen molar-refractivity contribution >= 4 is 33.4 Å². The van der Waals surface area contributed by atoms with E-state index < -0.39 is 0 Å². The number of ether oxygens (including phenoxy) is 2. The standard InChI is InChI=1S/C21H22N2O4S/c1-4-14-5-10-17-18(13-14)28-21(23(17)12-11-19(24)27-3)22-20(25)15-6-8-16(26-2)9-7-15/h5-10,13H,4,11-12H2,1-3H3. The van der Waals surface area contributed by atoms with Crippen LogP contribution in [0.3, 0.4) is 0 Å². The van der Waals surface area contributed by atoms with Gasteiger partial charge in [-0.15, -0.1) is 0 Å². The van der Waals surface area contributed by atoms with Gasteiger partial charge in [0, 0.05) is 12.1 Å². The van der Waals surface area contributed by atoms with Gasteiger partial charge in [0.1, 0.15) is 5.75 Å². The highest BCUT2D eigenvalue weighted by Crippen LogP contribution is 2.20. The molecule has 1 heterocycles. The van der Waals surface area contributed by atoms with E-state index >= 15 is 0 Å². The SMILES string of the molecule is CCc1ccc2c(c1)sc(=NC(=O)c1ccc(OC)cc1)n2CCC(=O)OC. The van der Waals surface area contributed by atoms with Gasteiger partial charge in [-0.25, -0.2) is 0 Å². The zero-order valence-electron chi connectivity index (χ0n) is 16.1. The van der Waals surface area contributed by atoms with Gasteiger partial charge in [-0.3, -0.25) is 9.59 Å². The lowest BCUT2D eigenvalue weighted by Gasteiger charge is -2.05. The van der Waals surface area contributed by atoms with Crippen LogP contribution in [-0.2, 0) is 22.5 Å². The molecule has 0 aliphatic carbocycles. The Morgan fingerprint density at radius 3 is 2.50 bits per heavy atom. The number of hydrogen-bond acceptors (Lipinski definition) is 5. The summed E-state index contributed by atoms with van der Waals surface area (Å²) in [6.07, 6.45) is 1.13. The van der Waals surface area contributed by atoms with E-state index in [0.717, 1.165) is 16.6 Å². The van der Waals surface area contributed by atoms with Crippen molar-refractivity contribution in [2.45, 2.75) is 26.3 Å². The van der Waals surface area contributed by atoms with E-state index in [1.165, 1.54) is 24.0 Å². The molecule has 0 fully saturated rings. The molecule has 0 atom stereocenters. The van der Waals surface area contributed by atoms with E-state index in [1.54, 1.807) is 31.4 Å². The first kappa shape index (κ1) is 19.8. The van der Waals surface area contributed by atoms with Crippen LogP contribution in [-0.4, -0.2) is 30.7 Å². The van der Waals surface area contributed by atoms with Crippen LogP contribution in [0.1, 0.15) is 29.3 Å². The number of aromatic nitrogens is 1. The molecule has 1 aromatic heterocycles. The zero-order chi connectivity index (χ0) is 20.1. The number of methoxy groups -OCH3 is 2. The Hall–Kier alpha value is -2.93. The highest BCUT2D eigenvalue weighted by atomic mass is 32.1. The summed E-state index contributed by atoms with van der Waals surface area (Å²) >= 11 is 1.44. The molecule has 6 nitrogen and oxygen atoms in total. The van der Waals surface area contributed by atoms with E-state index in [9.17, 15) is 9.59 Å². The molecule has 2 aromatic carbocycles. The first-order valence-corrected chi connectivity index (χ1v) is 9.79. The Balaban J connectivity index is 2.04. The Labute approximate surface area is 167 Å². The number of amides is 1. The fraction of sp³-hybridized carbons (Fsp3) is 0.286. The quantitative estimate of drug-likeness (QED) is 0.595. The third-order valence-electron chi connectivity index (χ3n) is 4.46. The smallest absolute Gasteiger partial charge is 0.307 e. The summed E-state index contributed by atoms with van der Waals surface area (Å²) in [4.78, 5) is 29.2. The molecule has 0 spiro atoms. The van der Waals surface area contributed by atoms with Gasteiger partial charge in [-0.1, -0.05) is 24.3 Å². The van der Waals surface area contributed by atoms with Gasteiger partial charge in [0.25, 0.3) is 5.91 Å². The maximum absolute atomic E-state index is 12.7. The van der Waals surface area contributed by atoms with E-state index in [1.807, 2.05) is 10.6 Å². The summed E-state index contributed by atoms with van der Waals surface area (Å²) in [7, 11) is 2.94. The molecular weight excluding hydrogens is 376 g/mol. The molecule has 0 bridgehead atoms. The second-order valence-electron chi connectivity index (χ2n) is 6.16. The number of nitrogens with zero attached hydrogens (tertiary/aromatic N) is 2. The maximum Gasteiger partial charge on any atom is 0.307 e. The van der Waals surface area contributed by atoms with Crippen molar-refractivity contribution in [2.75, 3.05) is 14.2 Å². The molecule has 0 N–H and O–H groups in total. The lowest BCUT2D eigenvalue weighted by molar-refractivity contribution is -0.140. The van der Waals surface area contributed by atoms with Crippen LogP contribution in [0.5, 0.6) is 5.75 Å². The van der Waals surface area contributed by atoms with E-state index in [-0.39, 0.29) is 18.3 Å². The summed E-state index contributed by atoms with van der Waals surface area (Å²) in [5.41, 5.74) is 2.64. The minimum Gasteiger partial charge on any atom is -0.497 e. The molecule has 0 saturated heterocycles. The number of hydrogen-bond donors (Lipinski definition) is 0. The number of carbonyl (C=O) groups excluding carboxylic acids is 2. The topological polar surface area (TPSA) is 69.9 Å². The van der Waals surface area contributed by atoms with Crippen molar-refractivity contribution in [3.05, 3.63) is 58.4 Å². The highest BCUT2D eigenvalue weighted by Gasteiger charge is 2.12. The lowest BCUT2D eigenvalue weighted by Crippen LogP contribution is -2.19. The van der Waals surface area contributed by atoms with Crippen LogP contribution in [0.2, 0.25) is 0 Å². The number of rotatable bonds is 6. The molecule has 0 unspecified atom stereocenters. The second kappa shape index (κ2) is 8.84. The average molecular weight is 398 g/mol. The zero-order valence-corrected chi connectivity index (χ0v) is 16.9. The predicted molar refractivity (Wildman–Crippen MR) is 109 cm³/mol. The monoisotopic (exact) mass is 398 g/mol. The van der Waals surface area contributed by atoms with Crippen LogP contribution in [0, 0.1) is 0 Å². The van der Waals surface area contributed by atoms with Gasteiger partial charge in [0.05, 0.1) is 30.9 Å². The minimum absolute atomic E-state index is 0.210. The normalized spacial score (nSPS) is 11.6. The molecule has 7 heteroatoms. The molecular formula is C21H22N2O4S. The van der Waals surface area contributed by atoms with Gasteiger partial charge in [0.2, 0.25) is 0 Å². The third kappa shape index (κ3) is 4.31. The Morgan fingerprint density at radius 1 is 1.11 bits per heavy atom. The third-order valence-corrected chi connectivity index (χ3v) is 5.50. The molecule has 0 aliphatic heterocycles. The first-order chi connectivity index (χ1) is 13.5. The van der Waals surface area contributed by atoms with Crippen molar-refractivity contribution < 1.29 is 19.1 Å². The van der Waals surface area contributed by atoms with Gasteiger partial charge >= 0.3 is 5.97 Å². The number of fused-ring (bicyclic) bond motifs is 1. The molecule has 0 aliphatic rings. The van der Waals surface area contributed by atoms with E-state index in [4.69, 9.17) is 9.47 Å². The summed E-state index contributed by atoms with van der Waals surface area (Å²) in [6.45, 7) is 2.49. The summed E-state index contributed by atoms with van der Waals surface area (Å²) < 4.78 is 12.8. The van der Waals surface area contributed by atoms with Gasteiger partial charge in [-0.05, 0) is 48.4 Å². The van der Waals surface area contributed by atoms with Gasteiger partial charge in [-0.2, -0.15) is 4.99 Å². The molecule has 3 rings (SSSR count). The Morgan fingerprint density at radius 2 is 1.86 bits per heavy atom. The van der Waals surface area contributed by atoms with Crippen LogP contribution in [0.25, 0.3) is 10.2 Å². The Bertz CT molecular complexity index is 1060. The minimum atomic E-state index is -0.336. The number of esters is 1. The fourth-order valence-corrected chi connectivity index (χ4v) is 3.95. The number of aryl methyl sites for hydroxylation is 2. The molecule has 146 valence electrons. The van der Waals surface area contributed by atoms with Crippen molar-refractivity contribution in [2.24, 2.45) is 4.99 Å². The predicted octanol–water partition coefficient (Wildman–Crippen LogP) is 3.58. The van der Waals surface area contributed by atoms with Crippen molar-refractivity contribution in [1.82, 2.24) is 4.57 Å². The summed E-state index contributed by atoms with van der Waals surface area (Å²) in [6, 6.07) is 13.0. The van der Waals surface area contributed by atoms with Crippen molar-refractivity contribution in [1.29, 1.82) is 0 Å². The van der Waals surface area contributed by atoms with Crippen LogP contribution in [0.15, 0.2) is 47.5 Å². The van der Waals surface area contributed by atoms with Crippen LogP contribution < -0.4 is 9.54 Å². The van der Waals surface area contributed by atoms with Crippen LogP contribution >= 0.6 is 11.3 Å². The average Bonchev–Trinajstić information content (AvgIpc) is 3.07. The maximum atomic E-state index is 12.7. The number of carbonyl (C=O) groups is 2. The van der Waals surface area contributed by atoms with E-state index in [2.05, 4.69) is 24.0 Å². The van der Waals surface area contributed by atoms with Gasteiger partial charge in [0.15, 0.2) is 4.80 Å². The van der Waals surface area contributed by atoms with Crippen molar-refractivity contribution in [3.8, 4) is 5.75 Å². The van der Waals surface area contributed by atoms with Crippen LogP contribution in [0.4, 0.5) is 0 Å². The molecule has 0 radical (unpaired) electrons. The number of thiazole rings is 1. The van der Waals surface area contributed by atoms with E-state index in [0.29, 0.717) is 22.7 Å². The largest absolute Gasteiger partial charge is 0.497 e. The molecule has 0 saturated carbocycles. The molecule has 1 amide bonds. The van der Waals surface area contributed by atoms with Gasteiger partial charge < -0.3 is 14.0 Å². The van der Waals surface area contributed by atoms with Crippen molar-refractivity contribution in [3.63, 3.8) is 0 Å². The second-order valence-corrected chi connectivity index (χ2v) is 7.17. The summed E-state index contributed by atoms with van der Waals surface area (Å²) in [5, 5.41) is 0. The summed E-state index contributed by atoms with van der Waals surface area (Å²) in [5.74, 6) is 0.0415. The number of benzene rings is 2. The fourth-order valence-electron chi connectivity index (χ4n) is 2.83. The Kier molecular flexibility index (Phi) is 6.26. The highest BCUT2D eigenvalue weighted by molar-refractivity contribution is 7.16. The molecule has 28 heavy (non-hydrogen) atoms. The first-order valence-electron chi connectivity index (χ1n) is 8.98.